The van der Waals surface area contributed by atoms with Crippen molar-refractivity contribution in [2.45, 2.75) is 45.3 Å². The second kappa shape index (κ2) is 5.65. The zero-order valence-corrected chi connectivity index (χ0v) is 12.3. The van der Waals surface area contributed by atoms with E-state index in [4.69, 9.17) is 4.74 Å². The molecule has 1 aromatic rings. The number of piperidine rings is 1. The Labute approximate surface area is 119 Å². The topological polar surface area (TPSA) is 46.6 Å². The van der Waals surface area contributed by atoms with Crippen molar-refractivity contribution < 1.29 is 14.3 Å². The monoisotopic (exact) mass is 275 g/mol. The number of ketones is 1. The maximum atomic E-state index is 12.3. The van der Waals surface area contributed by atoms with Crippen LogP contribution in [-0.2, 0) is 9.53 Å². The average molecular weight is 275 g/mol. The van der Waals surface area contributed by atoms with Crippen molar-refractivity contribution in [3.05, 3.63) is 35.9 Å². The maximum Gasteiger partial charge on any atom is 0.410 e. The number of likely N-dealkylation sites (tertiary alicyclic amines) is 1. The number of hydrogen-bond donors (Lipinski definition) is 0. The smallest absolute Gasteiger partial charge is 0.410 e. The van der Waals surface area contributed by atoms with Crippen LogP contribution in [0.15, 0.2) is 30.3 Å². The van der Waals surface area contributed by atoms with Crippen molar-refractivity contribution in [2.75, 3.05) is 6.54 Å². The summed E-state index contributed by atoms with van der Waals surface area (Å²) in [7, 11) is 0. The Hall–Kier alpha value is -1.84. The number of rotatable bonds is 1. The Kier molecular flexibility index (Phi) is 4.12. The molecule has 0 saturated carbocycles. The molecule has 0 spiro atoms. The second-order valence-corrected chi connectivity index (χ2v) is 6.09. The molecule has 0 radical (unpaired) electrons. The van der Waals surface area contributed by atoms with Gasteiger partial charge in [0.1, 0.15) is 11.4 Å². The SMILES string of the molecule is CC(C)(C)OC(=O)N1CCC(=O)C[C@@H]1c1ccccc1. The van der Waals surface area contributed by atoms with E-state index in [1.165, 1.54) is 0 Å². The molecule has 0 unspecified atom stereocenters. The molecule has 1 heterocycles. The molecule has 0 aliphatic carbocycles. The fourth-order valence-corrected chi connectivity index (χ4v) is 2.34. The van der Waals surface area contributed by atoms with Crippen LogP contribution in [0.5, 0.6) is 0 Å². The molecule has 0 bridgehead atoms. The van der Waals surface area contributed by atoms with Gasteiger partial charge in [-0.25, -0.2) is 4.79 Å². The van der Waals surface area contributed by atoms with Gasteiger partial charge in [0.25, 0.3) is 0 Å². The van der Waals surface area contributed by atoms with Gasteiger partial charge in [0.05, 0.1) is 6.04 Å². The largest absolute Gasteiger partial charge is 0.444 e. The Bertz CT molecular complexity index is 490. The summed E-state index contributed by atoms with van der Waals surface area (Å²) in [5.74, 6) is 0.193. The van der Waals surface area contributed by atoms with Gasteiger partial charge in [-0.05, 0) is 26.3 Å². The van der Waals surface area contributed by atoms with Crippen LogP contribution in [0.1, 0.15) is 45.2 Å². The van der Waals surface area contributed by atoms with Crippen molar-refractivity contribution >= 4 is 11.9 Å². The number of Topliss-reactive ketones (excluding diaryl/α,β-unsaturated/α-hetero) is 1. The van der Waals surface area contributed by atoms with Crippen molar-refractivity contribution in [1.29, 1.82) is 0 Å². The van der Waals surface area contributed by atoms with Crippen LogP contribution in [0.4, 0.5) is 4.79 Å². The first-order valence-corrected chi connectivity index (χ1v) is 6.93. The maximum absolute atomic E-state index is 12.3. The Morgan fingerprint density at radius 2 is 1.90 bits per heavy atom. The lowest BCUT2D eigenvalue weighted by molar-refractivity contribution is -0.123. The van der Waals surface area contributed by atoms with Gasteiger partial charge in [0, 0.05) is 19.4 Å². The molecule has 1 amide bonds. The van der Waals surface area contributed by atoms with Crippen LogP contribution in [0, 0.1) is 0 Å². The molecule has 20 heavy (non-hydrogen) atoms. The van der Waals surface area contributed by atoms with Crippen LogP contribution in [0.2, 0.25) is 0 Å². The van der Waals surface area contributed by atoms with Gasteiger partial charge >= 0.3 is 6.09 Å². The number of amides is 1. The molecular formula is C16H21NO3. The van der Waals surface area contributed by atoms with Crippen LogP contribution in [0.25, 0.3) is 0 Å². The minimum absolute atomic E-state index is 0.193. The fourth-order valence-electron chi connectivity index (χ4n) is 2.34. The molecule has 1 fully saturated rings. The number of nitrogens with zero attached hydrogens (tertiary/aromatic N) is 1. The normalized spacial score (nSPS) is 19.9. The summed E-state index contributed by atoms with van der Waals surface area (Å²) < 4.78 is 5.44. The molecule has 4 nitrogen and oxygen atoms in total. The zero-order chi connectivity index (χ0) is 14.8. The second-order valence-electron chi connectivity index (χ2n) is 6.09. The van der Waals surface area contributed by atoms with E-state index in [0.717, 1.165) is 5.56 Å². The first-order valence-electron chi connectivity index (χ1n) is 6.93. The van der Waals surface area contributed by atoms with E-state index >= 15 is 0 Å². The van der Waals surface area contributed by atoms with Crippen LogP contribution >= 0.6 is 0 Å². The first kappa shape index (κ1) is 14.6. The molecular weight excluding hydrogens is 254 g/mol. The van der Waals surface area contributed by atoms with Crippen molar-refractivity contribution in [2.24, 2.45) is 0 Å². The van der Waals surface area contributed by atoms with Crippen LogP contribution in [-0.4, -0.2) is 28.9 Å². The van der Waals surface area contributed by atoms with Gasteiger partial charge in [-0.1, -0.05) is 30.3 Å². The van der Waals surface area contributed by atoms with E-state index in [9.17, 15) is 9.59 Å². The quantitative estimate of drug-likeness (QED) is 0.789. The summed E-state index contributed by atoms with van der Waals surface area (Å²) in [5, 5.41) is 0. The third-order valence-corrected chi connectivity index (χ3v) is 3.24. The zero-order valence-electron chi connectivity index (χ0n) is 12.3. The lowest BCUT2D eigenvalue weighted by Crippen LogP contribution is -2.43. The predicted molar refractivity (Wildman–Crippen MR) is 76.4 cm³/mol. The molecule has 4 heteroatoms. The van der Waals surface area contributed by atoms with E-state index in [1.54, 1.807) is 4.90 Å². The van der Waals surface area contributed by atoms with E-state index in [0.29, 0.717) is 19.4 Å². The van der Waals surface area contributed by atoms with Crippen molar-refractivity contribution in [3.63, 3.8) is 0 Å². The number of carbonyl (C=O) groups excluding carboxylic acids is 2. The molecule has 0 aromatic heterocycles. The summed E-state index contributed by atoms with van der Waals surface area (Å²) >= 11 is 0. The molecule has 1 aliphatic heterocycles. The third kappa shape index (κ3) is 3.59. The summed E-state index contributed by atoms with van der Waals surface area (Å²) in [5.41, 5.74) is 0.450. The summed E-state index contributed by atoms with van der Waals surface area (Å²) in [6.45, 7) is 5.96. The first-order chi connectivity index (χ1) is 9.37. The molecule has 1 aromatic carbocycles. The van der Waals surface area contributed by atoms with Crippen molar-refractivity contribution in [1.82, 2.24) is 4.90 Å². The Morgan fingerprint density at radius 3 is 2.50 bits per heavy atom. The molecule has 1 saturated heterocycles. The van der Waals surface area contributed by atoms with Crippen LogP contribution < -0.4 is 0 Å². The summed E-state index contributed by atoms with van der Waals surface area (Å²) in [4.78, 5) is 25.7. The highest BCUT2D eigenvalue weighted by Crippen LogP contribution is 2.30. The minimum atomic E-state index is -0.528. The Balaban J connectivity index is 2.21. The number of carbonyl (C=O) groups is 2. The van der Waals surface area contributed by atoms with Crippen LogP contribution in [0.3, 0.4) is 0 Å². The molecule has 108 valence electrons. The minimum Gasteiger partial charge on any atom is -0.444 e. The number of benzene rings is 1. The lowest BCUT2D eigenvalue weighted by atomic mass is 9.95. The van der Waals surface area contributed by atoms with Gasteiger partial charge in [-0.15, -0.1) is 0 Å². The molecule has 2 rings (SSSR count). The van der Waals surface area contributed by atoms with Gasteiger partial charge in [-0.2, -0.15) is 0 Å². The van der Waals surface area contributed by atoms with Crippen molar-refractivity contribution in [3.8, 4) is 0 Å². The van der Waals surface area contributed by atoms with Gasteiger partial charge in [0.2, 0.25) is 0 Å². The standard InChI is InChI=1S/C16H21NO3/c1-16(2,3)20-15(19)17-10-9-13(18)11-14(17)12-7-5-4-6-8-12/h4-8,14H,9-11H2,1-3H3/t14-/m1/s1. The van der Waals surface area contributed by atoms with Gasteiger partial charge in [0.15, 0.2) is 0 Å². The van der Waals surface area contributed by atoms with E-state index in [-0.39, 0.29) is 17.9 Å². The summed E-state index contributed by atoms with van der Waals surface area (Å²) in [6, 6.07) is 9.43. The number of hydrogen-bond acceptors (Lipinski definition) is 3. The van der Waals surface area contributed by atoms with E-state index in [1.807, 2.05) is 51.1 Å². The fraction of sp³-hybridized carbons (Fsp3) is 0.500. The highest BCUT2D eigenvalue weighted by molar-refractivity contribution is 5.82. The van der Waals surface area contributed by atoms with E-state index < -0.39 is 5.60 Å². The van der Waals surface area contributed by atoms with Gasteiger partial charge < -0.3 is 9.64 Å². The lowest BCUT2D eigenvalue weighted by Gasteiger charge is -2.36. The third-order valence-electron chi connectivity index (χ3n) is 3.24. The molecule has 1 aliphatic rings. The predicted octanol–water partition coefficient (Wildman–Crippen LogP) is 3.33. The highest BCUT2D eigenvalue weighted by Gasteiger charge is 2.34. The Morgan fingerprint density at radius 1 is 1.25 bits per heavy atom. The average Bonchev–Trinajstić information content (AvgIpc) is 2.37. The molecule has 1 atom stereocenters. The molecule has 0 N–H and O–H groups in total. The summed E-state index contributed by atoms with van der Waals surface area (Å²) in [6.07, 6.45) is 0.421. The van der Waals surface area contributed by atoms with Gasteiger partial charge in [-0.3, -0.25) is 4.79 Å². The van der Waals surface area contributed by atoms with E-state index in [2.05, 4.69) is 0 Å². The highest BCUT2D eigenvalue weighted by atomic mass is 16.6. The number of ether oxygens (including phenoxy) is 1.